The van der Waals surface area contributed by atoms with E-state index in [0.29, 0.717) is 12.4 Å². The summed E-state index contributed by atoms with van der Waals surface area (Å²) in [5.74, 6) is 1.55. The number of hydrogen-bond acceptors (Lipinski definition) is 5. The molecule has 2 heterocycles. The summed E-state index contributed by atoms with van der Waals surface area (Å²) in [6.07, 6.45) is 0. The van der Waals surface area contributed by atoms with Gasteiger partial charge in [0.1, 0.15) is 6.61 Å². The minimum absolute atomic E-state index is 0.115. The van der Waals surface area contributed by atoms with Crippen LogP contribution in [0.5, 0.6) is 11.5 Å². The minimum atomic E-state index is 0.115. The summed E-state index contributed by atoms with van der Waals surface area (Å²) in [6, 6.07) is 16.3. The van der Waals surface area contributed by atoms with Crippen LogP contribution in [0.4, 0.5) is 0 Å². The number of amides is 1. The van der Waals surface area contributed by atoms with Gasteiger partial charge in [0.15, 0.2) is 11.5 Å². The fourth-order valence-electron chi connectivity index (χ4n) is 3.91. The Morgan fingerprint density at radius 1 is 1.00 bits per heavy atom. The average molecular weight is 451 g/mol. The minimum Gasteiger partial charge on any atom is -0.493 e. The van der Waals surface area contributed by atoms with Gasteiger partial charge in [-0.05, 0) is 54.1 Å². The first-order chi connectivity index (χ1) is 15.5. The summed E-state index contributed by atoms with van der Waals surface area (Å²) in [7, 11) is 1.64. The Kier molecular flexibility index (Phi) is 7.12. The number of aryl methyl sites for hydroxylation is 2. The maximum atomic E-state index is 13.0. The largest absolute Gasteiger partial charge is 0.493 e. The number of benzene rings is 2. The zero-order valence-corrected chi connectivity index (χ0v) is 19.8. The highest BCUT2D eigenvalue weighted by Crippen LogP contribution is 2.29. The van der Waals surface area contributed by atoms with Gasteiger partial charge in [-0.1, -0.05) is 30.3 Å². The fourth-order valence-corrected chi connectivity index (χ4v) is 4.78. The van der Waals surface area contributed by atoms with Crippen LogP contribution in [0.25, 0.3) is 0 Å². The van der Waals surface area contributed by atoms with E-state index in [9.17, 15) is 4.79 Å². The van der Waals surface area contributed by atoms with Gasteiger partial charge in [0, 0.05) is 38.3 Å². The molecule has 1 aliphatic rings. The first-order valence-corrected chi connectivity index (χ1v) is 11.8. The van der Waals surface area contributed by atoms with E-state index < -0.39 is 0 Å². The zero-order valence-electron chi connectivity index (χ0n) is 19.0. The highest BCUT2D eigenvalue weighted by atomic mass is 32.1. The van der Waals surface area contributed by atoms with E-state index in [0.717, 1.165) is 54.5 Å². The van der Waals surface area contributed by atoms with Gasteiger partial charge in [-0.15, -0.1) is 11.3 Å². The second-order valence-corrected chi connectivity index (χ2v) is 9.17. The third kappa shape index (κ3) is 5.31. The number of methoxy groups -OCH3 is 1. The van der Waals surface area contributed by atoms with Gasteiger partial charge < -0.3 is 14.4 Å². The van der Waals surface area contributed by atoms with Crippen LogP contribution < -0.4 is 9.47 Å². The fraction of sp³-hybridized carbons (Fsp3) is 0.346. The first-order valence-electron chi connectivity index (χ1n) is 10.9. The molecule has 32 heavy (non-hydrogen) atoms. The van der Waals surface area contributed by atoms with Crippen LogP contribution in [0.3, 0.4) is 0 Å². The van der Waals surface area contributed by atoms with E-state index in [2.05, 4.69) is 36.1 Å². The Labute approximate surface area is 194 Å². The van der Waals surface area contributed by atoms with Crippen LogP contribution in [-0.4, -0.2) is 49.0 Å². The quantitative estimate of drug-likeness (QED) is 0.513. The van der Waals surface area contributed by atoms with Crippen molar-refractivity contribution in [3.8, 4) is 11.5 Å². The van der Waals surface area contributed by atoms with Crippen molar-refractivity contribution in [2.24, 2.45) is 0 Å². The molecule has 3 aromatic rings. The molecule has 0 N–H and O–H groups in total. The molecule has 0 saturated carbocycles. The lowest BCUT2D eigenvalue weighted by Crippen LogP contribution is -2.48. The number of hydrogen-bond donors (Lipinski definition) is 0. The van der Waals surface area contributed by atoms with Gasteiger partial charge in [-0.2, -0.15) is 0 Å². The second-order valence-electron chi connectivity index (χ2n) is 8.26. The molecular formula is C26H30N2O3S. The van der Waals surface area contributed by atoms with E-state index in [-0.39, 0.29) is 5.91 Å². The topological polar surface area (TPSA) is 42.0 Å². The van der Waals surface area contributed by atoms with Crippen molar-refractivity contribution in [3.63, 3.8) is 0 Å². The van der Waals surface area contributed by atoms with E-state index in [1.807, 2.05) is 41.5 Å². The molecule has 0 radical (unpaired) electrons. The molecule has 5 nitrogen and oxygen atoms in total. The predicted molar refractivity (Wildman–Crippen MR) is 129 cm³/mol. The Morgan fingerprint density at radius 3 is 2.53 bits per heavy atom. The van der Waals surface area contributed by atoms with Crippen LogP contribution in [-0.2, 0) is 13.2 Å². The summed E-state index contributed by atoms with van der Waals surface area (Å²) in [4.78, 5) is 18.2. The third-order valence-electron chi connectivity index (χ3n) is 5.89. The van der Waals surface area contributed by atoms with Crippen molar-refractivity contribution in [2.75, 3.05) is 33.3 Å². The van der Waals surface area contributed by atoms with Gasteiger partial charge in [-0.25, -0.2) is 0 Å². The van der Waals surface area contributed by atoms with Gasteiger partial charge in [0.2, 0.25) is 0 Å². The molecule has 4 rings (SSSR count). The summed E-state index contributed by atoms with van der Waals surface area (Å²) >= 11 is 1.49. The number of piperazine rings is 1. The number of carbonyl (C=O) groups excluding carboxylic acids is 1. The van der Waals surface area contributed by atoms with Crippen molar-refractivity contribution < 1.29 is 14.3 Å². The van der Waals surface area contributed by atoms with E-state index in [1.54, 1.807) is 7.11 Å². The van der Waals surface area contributed by atoms with Crippen molar-refractivity contribution in [2.45, 2.75) is 27.0 Å². The Balaban J connectivity index is 1.30. The van der Waals surface area contributed by atoms with Crippen LogP contribution in [0, 0.1) is 13.8 Å². The molecular weight excluding hydrogens is 420 g/mol. The summed E-state index contributed by atoms with van der Waals surface area (Å²) in [5.41, 5.74) is 4.80. The van der Waals surface area contributed by atoms with E-state index >= 15 is 0 Å². The molecule has 1 fully saturated rings. The molecule has 0 bridgehead atoms. The number of nitrogens with zero attached hydrogens (tertiary/aromatic N) is 2. The monoisotopic (exact) mass is 450 g/mol. The summed E-state index contributed by atoms with van der Waals surface area (Å²) in [6.45, 7) is 8.84. The lowest BCUT2D eigenvalue weighted by Gasteiger charge is -2.34. The molecule has 168 valence electrons. The lowest BCUT2D eigenvalue weighted by molar-refractivity contribution is 0.0633. The molecule has 0 unspecified atom stereocenters. The average Bonchev–Trinajstić information content (AvgIpc) is 3.29. The molecule has 1 saturated heterocycles. The maximum absolute atomic E-state index is 13.0. The summed E-state index contributed by atoms with van der Waals surface area (Å²) in [5, 5.41) is 2.00. The van der Waals surface area contributed by atoms with Crippen molar-refractivity contribution in [1.29, 1.82) is 0 Å². The van der Waals surface area contributed by atoms with Gasteiger partial charge in [-0.3, -0.25) is 9.69 Å². The highest BCUT2D eigenvalue weighted by molar-refractivity contribution is 7.12. The summed E-state index contributed by atoms with van der Waals surface area (Å²) < 4.78 is 11.3. The second kappa shape index (κ2) is 10.2. The molecule has 1 amide bonds. The van der Waals surface area contributed by atoms with Gasteiger partial charge >= 0.3 is 0 Å². The Hall–Kier alpha value is -2.83. The molecule has 0 atom stereocenters. The highest BCUT2D eigenvalue weighted by Gasteiger charge is 2.23. The molecule has 2 aromatic carbocycles. The standard InChI is InChI=1S/C26H30N2O3S/c1-19-8-9-23(24(14-19)30-3)31-17-21-15-25(32-18-21)26(29)28-12-10-27(11-13-28)16-22-7-5-4-6-20(22)2/h4-9,14-15,18H,10-13,16-17H2,1-3H3. The zero-order chi connectivity index (χ0) is 22.5. The Bertz CT molecular complexity index is 1070. The third-order valence-corrected chi connectivity index (χ3v) is 6.86. The Morgan fingerprint density at radius 2 is 1.78 bits per heavy atom. The number of thiophene rings is 1. The van der Waals surface area contributed by atoms with Crippen LogP contribution in [0.1, 0.15) is 31.9 Å². The van der Waals surface area contributed by atoms with Gasteiger partial charge in [0.25, 0.3) is 5.91 Å². The predicted octanol–water partition coefficient (Wildman–Crippen LogP) is 4.91. The van der Waals surface area contributed by atoms with Crippen LogP contribution >= 0.6 is 11.3 Å². The van der Waals surface area contributed by atoms with Crippen molar-refractivity contribution >= 4 is 17.2 Å². The molecule has 1 aliphatic heterocycles. The molecule has 0 aliphatic carbocycles. The van der Waals surface area contributed by atoms with Gasteiger partial charge in [0.05, 0.1) is 12.0 Å². The van der Waals surface area contributed by atoms with Crippen LogP contribution in [0.2, 0.25) is 0 Å². The number of rotatable bonds is 7. The van der Waals surface area contributed by atoms with Crippen LogP contribution in [0.15, 0.2) is 53.9 Å². The van der Waals surface area contributed by atoms with E-state index in [1.165, 1.54) is 22.5 Å². The molecule has 6 heteroatoms. The number of ether oxygens (including phenoxy) is 2. The first kappa shape index (κ1) is 22.4. The van der Waals surface area contributed by atoms with E-state index in [4.69, 9.17) is 9.47 Å². The molecule has 1 aromatic heterocycles. The number of carbonyl (C=O) groups is 1. The van der Waals surface area contributed by atoms with Crippen molar-refractivity contribution in [3.05, 3.63) is 81.0 Å². The lowest BCUT2D eigenvalue weighted by atomic mass is 10.1. The smallest absolute Gasteiger partial charge is 0.264 e. The van der Waals surface area contributed by atoms with Crippen molar-refractivity contribution in [1.82, 2.24) is 9.80 Å². The maximum Gasteiger partial charge on any atom is 0.264 e. The normalized spacial score (nSPS) is 14.4. The molecule has 0 spiro atoms. The SMILES string of the molecule is COc1cc(C)ccc1OCc1csc(C(=O)N2CCN(Cc3ccccc3C)CC2)c1.